The van der Waals surface area contributed by atoms with Crippen molar-refractivity contribution in [3.8, 4) is 22.6 Å². The van der Waals surface area contributed by atoms with E-state index in [-0.39, 0.29) is 5.75 Å². The van der Waals surface area contributed by atoms with Crippen molar-refractivity contribution in [3.63, 3.8) is 0 Å². The minimum absolute atomic E-state index is 0.165. The van der Waals surface area contributed by atoms with Crippen molar-refractivity contribution in [3.05, 3.63) is 72.8 Å². The van der Waals surface area contributed by atoms with Gasteiger partial charge in [-0.1, -0.05) is 42.5 Å². The summed E-state index contributed by atoms with van der Waals surface area (Å²) < 4.78 is 34.6. The summed E-state index contributed by atoms with van der Waals surface area (Å²) in [5.41, 5.74) is 2.11. The van der Waals surface area contributed by atoms with Gasteiger partial charge in [0.2, 0.25) is 0 Å². The van der Waals surface area contributed by atoms with E-state index < -0.39 is 6.61 Å². The molecular weight excluding hydrogens is 322 g/mol. The number of halogens is 2. The van der Waals surface area contributed by atoms with E-state index >= 15 is 0 Å². The summed E-state index contributed by atoms with van der Waals surface area (Å²) >= 11 is 0. The monoisotopic (exact) mass is 340 g/mol. The summed E-state index contributed by atoms with van der Waals surface area (Å²) in [5, 5.41) is 1.82. The molecule has 0 aliphatic heterocycles. The number of hydrogen-bond donors (Lipinski definition) is 0. The van der Waals surface area contributed by atoms with E-state index in [2.05, 4.69) is 4.74 Å². The first-order valence-corrected chi connectivity index (χ1v) is 7.99. The summed E-state index contributed by atoms with van der Waals surface area (Å²) in [6, 6.07) is 18.7. The molecule has 0 saturated carbocycles. The van der Waals surface area contributed by atoms with E-state index in [1.54, 1.807) is 18.2 Å². The predicted molar refractivity (Wildman–Crippen MR) is 96.3 cm³/mol. The number of hydrogen-bond acceptors (Lipinski definition) is 2. The zero-order valence-corrected chi connectivity index (χ0v) is 13.8. The number of allylic oxidation sites excluding steroid dienone is 1. The highest BCUT2D eigenvalue weighted by atomic mass is 19.3. The highest BCUT2D eigenvalue weighted by Gasteiger charge is 2.06. The Morgan fingerprint density at radius 2 is 1.48 bits per heavy atom. The van der Waals surface area contributed by atoms with Gasteiger partial charge < -0.3 is 9.47 Å². The lowest BCUT2D eigenvalue weighted by Crippen LogP contribution is -2.01. The van der Waals surface area contributed by atoms with Gasteiger partial charge in [0, 0.05) is 0 Å². The average molecular weight is 340 g/mol. The Morgan fingerprint density at radius 1 is 0.840 bits per heavy atom. The van der Waals surface area contributed by atoms with Gasteiger partial charge in [0.1, 0.15) is 18.1 Å². The largest absolute Gasteiger partial charge is 0.490 e. The van der Waals surface area contributed by atoms with Crippen LogP contribution in [-0.2, 0) is 0 Å². The van der Waals surface area contributed by atoms with Crippen LogP contribution in [0.25, 0.3) is 21.9 Å². The second-order valence-electron chi connectivity index (χ2n) is 5.51. The topological polar surface area (TPSA) is 18.5 Å². The Labute approximate surface area is 145 Å². The molecule has 2 nitrogen and oxygen atoms in total. The molecule has 4 heteroatoms. The fraction of sp³-hybridized carbons (Fsp3) is 0.143. The Kier molecular flexibility index (Phi) is 5.29. The summed E-state index contributed by atoms with van der Waals surface area (Å²) in [7, 11) is 0. The Balaban J connectivity index is 1.81. The molecule has 25 heavy (non-hydrogen) atoms. The predicted octanol–water partition coefficient (Wildman–Crippen LogP) is 6.06. The molecule has 0 heterocycles. The van der Waals surface area contributed by atoms with Gasteiger partial charge in [-0.3, -0.25) is 0 Å². The Bertz CT molecular complexity index is 871. The molecule has 0 N–H and O–H groups in total. The van der Waals surface area contributed by atoms with E-state index in [1.807, 2.05) is 61.5 Å². The van der Waals surface area contributed by atoms with Crippen LogP contribution in [0.4, 0.5) is 8.78 Å². The van der Waals surface area contributed by atoms with E-state index in [4.69, 9.17) is 4.74 Å². The van der Waals surface area contributed by atoms with Crippen LogP contribution in [0, 0.1) is 0 Å². The summed E-state index contributed by atoms with van der Waals surface area (Å²) in [6.07, 6.45) is 3.89. The van der Waals surface area contributed by atoms with Gasteiger partial charge in [-0.2, -0.15) is 8.78 Å². The average Bonchev–Trinajstić information content (AvgIpc) is 2.62. The van der Waals surface area contributed by atoms with Gasteiger partial charge in [-0.25, -0.2) is 0 Å². The number of alkyl halides is 2. The van der Waals surface area contributed by atoms with E-state index in [0.717, 1.165) is 27.6 Å². The van der Waals surface area contributed by atoms with Crippen molar-refractivity contribution in [2.45, 2.75) is 13.5 Å². The van der Waals surface area contributed by atoms with E-state index in [9.17, 15) is 8.78 Å². The number of ether oxygens (including phenoxy) is 2. The molecule has 3 aromatic rings. The fourth-order valence-corrected chi connectivity index (χ4v) is 2.56. The highest BCUT2D eigenvalue weighted by Crippen LogP contribution is 2.28. The van der Waals surface area contributed by atoms with Crippen molar-refractivity contribution in [2.24, 2.45) is 0 Å². The minimum Gasteiger partial charge on any atom is -0.490 e. The summed E-state index contributed by atoms with van der Waals surface area (Å²) in [4.78, 5) is 0. The molecule has 0 bridgehead atoms. The molecule has 0 aromatic heterocycles. The van der Waals surface area contributed by atoms with Gasteiger partial charge in [0.15, 0.2) is 0 Å². The number of fused-ring (bicyclic) bond motifs is 1. The quantitative estimate of drug-likeness (QED) is 0.508. The van der Waals surface area contributed by atoms with Crippen molar-refractivity contribution in [1.82, 2.24) is 0 Å². The Hall–Kier alpha value is -2.88. The molecule has 0 spiro atoms. The lowest BCUT2D eigenvalue weighted by atomic mass is 10.0. The van der Waals surface area contributed by atoms with Crippen molar-refractivity contribution < 1.29 is 18.3 Å². The summed E-state index contributed by atoms with van der Waals surface area (Å²) in [5.74, 6) is 0.981. The van der Waals surface area contributed by atoms with Crippen LogP contribution in [-0.4, -0.2) is 13.2 Å². The molecule has 3 aromatic carbocycles. The summed E-state index contributed by atoms with van der Waals surface area (Å²) in [6.45, 7) is -0.311. The van der Waals surface area contributed by atoms with Crippen LogP contribution in [0.5, 0.6) is 11.5 Å². The first-order valence-electron chi connectivity index (χ1n) is 7.99. The molecule has 0 unspecified atom stereocenters. The van der Waals surface area contributed by atoms with Gasteiger partial charge >= 0.3 is 6.61 Å². The molecule has 0 saturated heterocycles. The molecule has 0 amide bonds. The van der Waals surface area contributed by atoms with Gasteiger partial charge in [-0.15, -0.1) is 0 Å². The Morgan fingerprint density at radius 3 is 2.20 bits per heavy atom. The van der Waals surface area contributed by atoms with Gasteiger partial charge in [0.25, 0.3) is 0 Å². The van der Waals surface area contributed by atoms with Gasteiger partial charge in [0.05, 0.1) is 0 Å². The third-order valence-electron chi connectivity index (χ3n) is 3.81. The van der Waals surface area contributed by atoms with E-state index in [1.165, 1.54) is 0 Å². The number of benzene rings is 3. The third-order valence-corrected chi connectivity index (χ3v) is 3.81. The first-order chi connectivity index (χ1) is 12.2. The second kappa shape index (κ2) is 7.79. The van der Waals surface area contributed by atoms with Gasteiger partial charge in [-0.05, 0) is 59.2 Å². The maximum atomic E-state index is 12.3. The molecule has 0 atom stereocenters. The van der Waals surface area contributed by atoms with Crippen LogP contribution >= 0.6 is 0 Å². The first kappa shape index (κ1) is 17.0. The minimum atomic E-state index is -2.81. The molecule has 0 aliphatic rings. The van der Waals surface area contributed by atoms with Crippen LogP contribution in [0.1, 0.15) is 6.92 Å². The normalized spacial score (nSPS) is 11.4. The lowest BCUT2D eigenvalue weighted by Gasteiger charge is -2.08. The van der Waals surface area contributed by atoms with Crippen molar-refractivity contribution in [2.75, 3.05) is 6.61 Å². The van der Waals surface area contributed by atoms with Crippen LogP contribution in [0.2, 0.25) is 0 Å². The molecule has 0 fully saturated rings. The highest BCUT2D eigenvalue weighted by molar-refractivity contribution is 5.88. The molecule has 0 radical (unpaired) electrons. The fourth-order valence-electron chi connectivity index (χ4n) is 2.56. The standard InChI is InChI=1S/C21H18F2O2/c1-2-3-12-24-19-9-6-15(7-10-19)16-4-5-18-14-20(25-21(22)23)11-8-17(18)13-16/h2-11,13-14,21H,12H2,1H3. The third kappa shape index (κ3) is 4.35. The number of rotatable bonds is 6. The van der Waals surface area contributed by atoms with Crippen LogP contribution in [0.3, 0.4) is 0 Å². The van der Waals surface area contributed by atoms with Crippen LogP contribution in [0.15, 0.2) is 72.8 Å². The van der Waals surface area contributed by atoms with Crippen molar-refractivity contribution in [1.29, 1.82) is 0 Å². The van der Waals surface area contributed by atoms with Crippen molar-refractivity contribution >= 4 is 10.8 Å². The molecule has 0 aliphatic carbocycles. The maximum Gasteiger partial charge on any atom is 0.387 e. The zero-order chi connectivity index (χ0) is 17.6. The SMILES string of the molecule is CC=CCOc1ccc(-c2ccc3cc(OC(F)F)ccc3c2)cc1. The smallest absolute Gasteiger partial charge is 0.387 e. The van der Waals surface area contributed by atoms with Crippen LogP contribution < -0.4 is 9.47 Å². The second-order valence-corrected chi connectivity index (χ2v) is 5.51. The lowest BCUT2D eigenvalue weighted by molar-refractivity contribution is -0.0497. The molecular formula is C21H18F2O2. The zero-order valence-electron chi connectivity index (χ0n) is 13.8. The maximum absolute atomic E-state index is 12.3. The molecule has 128 valence electrons. The molecule has 3 rings (SSSR count). The van der Waals surface area contributed by atoms with E-state index in [0.29, 0.717) is 6.61 Å².